The van der Waals surface area contributed by atoms with Crippen LogP contribution in [0.5, 0.6) is 5.75 Å². The Morgan fingerprint density at radius 1 is 1.31 bits per heavy atom. The summed E-state index contributed by atoms with van der Waals surface area (Å²) in [5.41, 5.74) is 6.38. The van der Waals surface area contributed by atoms with Crippen LogP contribution in [-0.4, -0.2) is 33.9 Å². The van der Waals surface area contributed by atoms with Crippen molar-refractivity contribution in [1.82, 2.24) is 20.2 Å². The minimum Gasteiger partial charge on any atom is -0.497 e. The first-order valence-corrected chi connectivity index (χ1v) is 4.97. The number of rotatable bonds is 4. The molecular weight excluding hydrogens is 206 g/mol. The summed E-state index contributed by atoms with van der Waals surface area (Å²) in [5.74, 6) is 1.56. The highest BCUT2D eigenvalue weighted by atomic mass is 16.5. The van der Waals surface area contributed by atoms with Crippen molar-refractivity contribution in [3.63, 3.8) is 0 Å². The van der Waals surface area contributed by atoms with E-state index in [0.29, 0.717) is 13.0 Å². The van der Waals surface area contributed by atoms with E-state index in [0.717, 1.165) is 17.3 Å². The molecule has 1 aromatic heterocycles. The predicted octanol–water partition coefficient (Wildman–Crippen LogP) is 0.172. The van der Waals surface area contributed by atoms with Crippen LogP contribution in [0.4, 0.5) is 0 Å². The second-order valence-electron chi connectivity index (χ2n) is 3.24. The van der Waals surface area contributed by atoms with Gasteiger partial charge in [-0.2, -0.15) is 4.68 Å². The second kappa shape index (κ2) is 4.71. The summed E-state index contributed by atoms with van der Waals surface area (Å²) in [7, 11) is 1.63. The van der Waals surface area contributed by atoms with E-state index >= 15 is 0 Å². The molecule has 2 N–H and O–H groups in total. The highest BCUT2D eigenvalue weighted by Gasteiger charge is 2.06. The van der Waals surface area contributed by atoms with Crippen molar-refractivity contribution in [3.8, 4) is 11.4 Å². The Kier molecular flexibility index (Phi) is 3.11. The highest BCUT2D eigenvalue weighted by Crippen LogP contribution is 2.14. The average molecular weight is 219 g/mol. The van der Waals surface area contributed by atoms with Gasteiger partial charge in [0.25, 0.3) is 0 Å². The quantitative estimate of drug-likeness (QED) is 0.793. The first kappa shape index (κ1) is 10.6. The molecule has 84 valence electrons. The molecule has 0 saturated heterocycles. The van der Waals surface area contributed by atoms with Crippen LogP contribution in [0.1, 0.15) is 5.82 Å². The van der Waals surface area contributed by atoms with Gasteiger partial charge in [0.2, 0.25) is 0 Å². The van der Waals surface area contributed by atoms with E-state index < -0.39 is 0 Å². The number of tetrazole rings is 1. The van der Waals surface area contributed by atoms with Gasteiger partial charge in [-0.3, -0.25) is 0 Å². The number of ether oxygens (including phenoxy) is 1. The van der Waals surface area contributed by atoms with Crippen LogP contribution >= 0.6 is 0 Å². The van der Waals surface area contributed by atoms with Crippen molar-refractivity contribution in [2.45, 2.75) is 6.42 Å². The van der Waals surface area contributed by atoms with Gasteiger partial charge in [0, 0.05) is 6.42 Å². The Balaban J connectivity index is 2.31. The lowest BCUT2D eigenvalue weighted by Gasteiger charge is -2.04. The van der Waals surface area contributed by atoms with Crippen molar-refractivity contribution < 1.29 is 4.74 Å². The van der Waals surface area contributed by atoms with E-state index in [9.17, 15) is 0 Å². The van der Waals surface area contributed by atoms with Crippen LogP contribution in [0.2, 0.25) is 0 Å². The molecule has 0 saturated carbocycles. The van der Waals surface area contributed by atoms with Crippen molar-refractivity contribution in [2.75, 3.05) is 13.7 Å². The molecule has 0 aliphatic heterocycles. The minimum atomic E-state index is 0.524. The maximum Gasteiger partial charge on any atom is 0.157 e. The van der Waals surface area contributed by atoms with Gasteiger partial charge in [-0.15, -0.1) is 5.10 Å². The van der Waals surface area contributed by atoms with E-state index in [1.54, 1.807) is 11.8 Å². The fourth-order valence-corrected chi connectivity index (χ4v) is 1.41. The molecule has 1 heterocycles. The molecule has 0 unspecified atom stereocenters. The third-order valence-corrected chi connectivity index (χ3v) is 2.22. The maximum absolute atomic E-state index is 5.48. The van der Waals surface area contributed by atoms with E-state index in [-0.39, 0.29) is 0 Å². The topological polar surface area (TPSA) is 78.8 Å². The molecule has 0 aliphatic rings. The second-order valence-corrected chi connectivity index (χ2v) is 3.24. The average Bonchev–Trinajstić information content (AvgIpc) is 2.78. The summed E-state index contributed by atoms with van der Waals surface area (Å²) in [6, 6.07) is 7.52. The summed E-state index contributed by atoms with van der Waals surface area (Å²) in [5, 5.41) is 11.5. The first-order chi connectivity index (χ1) is 7.85. The number of hydrogen-bond acceptors (Lipinski definition) is 5. The fourth-order valence-electron chi connectivity index (χ4n) is 1.41. The Hall–Kier alpha value is -1.95. The van der Waals surface area contributed by atoms with Gasteiger partial charge >= 0.3 is 0 Å². The van der Waals surface area contributed by atoms with E-state index in [2.05, 4.69) is 15.5 Å². The Bertz CT molecular complexity index is 450. The molecule has 0 bridgehead atoms. The molecule has 6 heteroatoms. The number of nitrogens with zero attached hydrogens (tertiary/aromatic N) is 4. The monoisotopic (exact) mass is 219 g/mol. The third kappa shape index (κ3) is 2.01. The van der Waals surface area contributed by atoms with Crippen molar-refractivity contribution >= 4 is 0 Å². The number of methoxy groups -OCH3 is 1. The van der Waals surface area contributed by atoms with Crippen LogP contribution < -0.4 is 10.5 Å². The minimum absolute atomic E-state index is 0.524. The summed E-state index contributed by atoms with van der Waals surface area (Å²) < 4.78 is 6.76. The van der Waals surface area contributed by atoms with Gasteiger partial charge in [0.1, 0.15) is 5.75 Å². The lowest BCUT2D eigenvalue weighted by atomic mass is 10.3. The molecule has 6 nitrogen and oxygen atoms in total. The molecule has 0 amide bonds. The van der Waals surface area contributed by atoms with Crippen LogP contribution in [0, 0.1) is 0 Å². The summed E-state index contributed by atoms with van der Waals surface area (Å²) in [6.45, 7) is 0.524. The third-order valence-electron chi connectivity index (χ3n) is 2.22. The number of benzene rings is 1. The summed E-state index contributed by atoms with van der Waals surface area (Å²) in [4.78, 5) is 0. The maximum atomic E-state index is 5.48. The van der Waals surface area contributed by atoms with Crippen LogP contribution in [0.3, 0.4) is 0 Å². The SMILES string of the molecule is COc1ccc(-n2nnnc2CCN)cc1. The molecule has 0 atom stereocenters. The molecule has 0 aliphatic carbocycles. The molecule has 0 radical (unpaired) electrons. The Morgan fingerprint density at radius 3 is 2.69 bits per heavy atom. The molecular formula is C10H13N5O. The lowest BCUT2D eigenvalue weighted by Crippen LogP contribution is -2.09. The van der Waals surface area contributed by atoms with Gasteiger partial charge < -0.3 is 10.5 Å². The van der Waals surface area contributed by atoms with E-state index in [4.69, 9.17) is 10.5 Å². The van der Waals surface area contributed by atoms with Crippen molar-refractivity contribution in [3.05, 3.63) is 30.1 Å². The fraction of sp³-hybridized carbons (Fsp3) is 0.300. The number of aromatic nitrogens is 4. The predicted molar refractivity (Wildman–Crippen MR) is 58.5 cm³/mol. The summed E-state index contributed by atoms with van der Waals surface area (Å²) in [6.07, 6.45) is 0.652. The Morgan fingerprint density at radius 2 is 2.06 bits per heavy atom. The van der Waals surface area contributed by atoms with E-state index in [1.165, 1.54) is 0 Å². The zero-order valence-corrected chi connectivity index (χ0v) is 9.00. The van der Waals surface area contributed by atoms with Crippen molar-refractivity contribution in [1.29, 1.82) is 0 Å². The van der Waals surface area contributed by atoms with Crippen molar-refractivity contribution in [2.24, 2.45) is 5.73 Å². The number of nitrogens with two attached hydrogens (primary N) is 1. The molecule has 1 aromatic carbocycles. The van der Waals surface area contributed by atoms with Gasteiger partial charge in [-0.1, -0.05) is 0 Å². The molecule has 2 aromatic rings. The Labute approximate surface area is 93.0 Å². The molecule has 0 fully saturated rings. The van der Waals surface area contributed by atoms with Crippen LogP contribution in [0.15, 0.2) is 24.3 Å². The smallest absolute Gasteiger partial charge is 0.157 e. The zero-order chi connectivity index (χ0) is 11.4. The van der Waals surface area contributed by atoms with Gasteiger partial charge in [-0.05, 0) is 41.2 Å². The normalized spacial score (nSPS) is 10.4. The highest BCUT2D eigenvalue weighted by molar-refractivity contribution is 5.36. The van der Waals surface area contributed by atoms with Gasteiger partial charge in [0.15, 0.2) is 5.82 Å². The first-order valence-electron chi connectivity index (χ1n) is 4.97. The molecule has 0 spiro atoms. The molecule has 2 rings (SSSR count). The largest absolute Gasteiger partial charge is 0.497 e. The zero-order valence-electron chi connectivity index (χ0n) is 9.00. The lowest BCUT2D eigenvalue weighted by molar-refractivity contribution is 0.414. The number of hydrogen-bond donors (Lipinski definition) is 1. The van der Waals surface area contributed by atoms with E-state index in [1.807, 2.05) is 24.3 Å². The summed E-state index contributed by atoms with van der Waals surface area (Å²) >= 11 is 0. The van der Waals surface area contributed by atoms with Crippen LogP contribution in [-0.2, 0) is 6.42 Å². The van der Waals surface area contributed by atoms with Gasteiger partial charge in [-0.25, -0.2) is 0 Å². The van der Waals surface area contributed by atoms with Crippen LogP contribution in [0.25, 0.3) is 5.69 Å². The van der Waals surface area contributed by atoms with Gasteiger partial charge in [0.05, 0.1) is 12.8 Å². The molecule has 16 heavy (non-hydrogen) atoms. The standard InChI is InChI=1S/C10H13N5O/c1-16-9-4-2-8(3-5-9)15-10(6-7-11)12-13-14-15/h2-5H,6-7,11H2,1H3.